The third-order valence-electron chi connectivity index (χ3n) is 2.66. The van der Waals surface area contributed by atoms with Crippen LogP contribution in [0.25, 0.3) is 6.08 Å². The van der Waals surface area contributed by atoms with Gasteiger partial charge in [-0.25, -0.2) is 0 Å². The van der Waals surface area contributed by atoms with Gasteiger partial charge in [-0.15, -0.1) is 0 Å². The number of nitrogens with zero attached hydrogens (tertiary/aromatic N) is 1. The van der Waals surface area contributed by atoms with Crippen LogP contribution in [0.3, 0.4) is 0 Å². The Bertz CT molecular complexity index is 660. The van der Waals surface area contributed by atoms with Gasteiger partial charge in [-0.3, -0.25) is 19.3 Å². The van der Waals surface area contributed by atoms with Gasteiger partial charge in [-0.2, -0.15) is 0 Å². The molecule has 0 unspecified atom stereocenters. The first-order valence-corrected chi connectivity index (χ1v) is 7.69. The predicted octanol–water partition coefficient (Wildman–Crippen LogP) is 1.82. The Morgan fingerprint density at radius 3 is 2.76 bits per heavy atom. The van der Waals surface area contributed by atoms with Gasteiger partial charge in [0.15, 0.2) is 0 Å². The molecule has 1 heterocycles. The molecule has 0 atom stereocenters. The van der Waals surface area contributed by atoms with Crippen molar-refractivity contribution in [1.82, 2.24) is 4.90 Å². The molecule has 1 aromatic rings. The molecule has 0 saturated carbocycles. The van der Waals surface area contributed by atoms with Crippen LogP contribution in [0.2, 0.25) is 0 Å². The van der Waals surface area contributed by atoms with E-state index < -0.39 is 23.6 Å². The van der Waals surface area contributed by atoms with Crippen LogP contribution in [0.4, 0.5) is 4.79 Å². The van der Waals surface area contributed by atoms with Crippen LogP contribution in [0.1, 0.15) is 5.56 Å². The van der Waals surface area contributed by atoms with E-state index in [1.807, 2.05) is 6.07 Å². The minimum Gasteiger partial charge on any atom is -0.496 e. The number of carbonyl (C=O) groups is 3. The summed E-state index contributed by atoms with van der Waals surface area (Å²) in [6.07, 6.45) is 1.60. The molecule has 110 valence electrons. The number of thioether (sulfide) groups is 1. The number of ether oxygens (including phenoxy) is 1. The number of carbonyl (C=O) groups excluding carboxylic acids is 3. The average Bonchev–Trinajstić information content (AvgIpc) is 2.66. The predicted molar refractivity (Wildman–Crippen MR) is 87.6 cm³/mol. The van der Waals surface area contributed by atoms with Gasteiger partial charge >= 0.3 is 0 Å². The Morgan fingerprint density at radius 1 is 1.48 bits per heavy atom. The number of hydrogen-bond donors (Lipinski definition) is 1. The van der Waals surface area contributed by atoms with E-state index in [1.54, 1.807) is 25.3 Å². The molecule has 1 aromatic carbocycles. The molecule has 0 aromatic heterocycles. The fraction of sp³-hybridized carbons (Fsp3) is 0.154. The van der Waals surface area contributed by atoms with Crippen molar-refractivity contribution < 1.29 is 19.1 Å². The average molecular weight is 418 g/mol. The highest BCUT2D eigenvalue weighted by Crippen LogP contribution is 2.32. The Balaban J connectivity index is 2.26. The zero-order valence-electron chi connectivity index (χ0n) is 11.0. The lowest BCUT2D eigenvalue weighted by Crippen LogP contribution is -2.36. The maximum Gasteiger partial charge on any atom is 0.294 e. The number of primary amides is 1. The third-order valence-corrected chi connectivity index (χ3v) is 4.41. The summed E-state index contributed by atoms with van der Waals surface area (Å²) in [5.74, 6) is -0.498. The molecule has 8 heteroatoms. The minimum atomic E-state index is -0.724. The number of rotatable bonds is 4. The van der Waals surface area contributed by atoms with Crippen molar-refractivity contribution in [1.29, 1.82) is 0 Å². The number of hydrogen-bond acceptors (Lipinski definition) is 5. The largest absolute Gasteiger partial charge is 0.496 e. The zero-order chi connectivity index (χ0) is 15.6. The van der Waals surface area contributed by atoms with Crippen LogP contribution in [-0.2, 0) is 9.59 Å². The SMILES string of the molecule is COc1ccc(/C=C2\SC(=O)N(CC(N)=O)C2=O)cc1I. The summed E-state index contributed by atoms with van der Waals surface area (Å²) in [7, 11) is 1.58. The molecule has 0 spiro atoms. The van der Waals surface area contributed by atoms with Crippen LogP contribution in [0.15, 0.2) is 23.1 Å². The Labute approximate surface area is 138 Å². The van der Waals surface area contributed by atoms with Crippen molar-refractivity contribution in [2.24, 2.45) is 5.73 Å². The Morgan fingerprint density at radius 2 is 2.19 bits per heavy atom. The van der Waals surface area contributed by atoms with Gasteiger partial charge in [0.05, 0.1) is 15.6 Å². The molecule has 6 nitrogen and oxygen atoms in total. The van der Waals surface area contributed by atoms with Gasteiger partial charge in [0.25, 0.3) is 11.1 Å². The molecular formula is C13H11IN2O4S. The summed E-state index contributed by atoms with van der Waals surface area (Å²) in [6, 6.07) is 5.39. The molecule has 2 N–H and O–H groups in total. The summed E-state index contributed by atoms with van der Waals surface area (Å²) in [5.41, 5.74) is 5.79. The topological polar surface area (TPSA) is 89.7 Å². The monoisotopic (exact) mass is 418 g/mol. The van der Waals surface area contributed by atoms with Gasteiger partial charge in [0.1, 0.15) is 12.3 Å². The molecule has 2 rings (SSSR count). The van der Waals surface area contributed by atoms with Crippen molar-refractivity contribution in [3.63, 3.8) is 0 Å². The van der Waals surface area contributed by atoms with Crippen molar-refractivity contribution in [3.8, 4) is 5.75 Å². The van der Waals surface area contributed by atoms with Gasteiger partial charge < -0.3 is 10.5 Å². The molecule has 0 bridgehead atoms. The standard InChI is InChI=1S/C13H11IN2O4S/c1-20-9-3-2-7(4-8(9)14)5-10-12(18)16(6-11(15)17)13(19)21-10/h2-5H,6H2,1H3,(H2,15,17)/b10-5-. The first-order valence-electron chi connectivity index (χ1n) is 5.79. The molecule has 1 fully saturated rings. The van der Waals surface area contributed by atoms with Crippen LogP contribution in [0, 0.1) is 3.57 Å². The summed E-state index contributed by atoms with van der Waals surface area (Å²) in [5, 5.41) is -0.492. The summed E-state index contributed by atoms with van der Waals surface area (Å²) in [4.78, 5) is 35.7. The van der Waals surface area contributed by atoms with Crippen LogP contribution >= 0.6 is 34.4 Å². The molecular weight excluding hydrogens is 407 g/mol. The fourth-order valence-corrected chi connectivity index (χ4v) is 3.31. The maximum absolute atomic E-state index is 12.0. The van der Waals surface area contributed by atoms with E-state index in [4.69, 9.17) is 10.5 Å². The molecule has 0 aliphatic carbocycles. The van der Waals surface area contributed by atoms with E-state index in [0.717, 1.165) is 31.5 Å². The number of nitrogens with two attached hydrogens (primary N) is 1. The number of halogens is 1. The Hall–Kier alpha value is -1.55. The molecule has 0 radical (unpaired) electrons. The third kappa shape index (κ3) is 3.56. The summed E-state index contributed by atoms with van der Waals surface area (Å²) in [6.45, 7) is -0.401. The van der Waals surface area contributed by atoms with Crippen molar-refractivity contribution in [3.05, 3.63) is 32.2 Å². The van der Waals surface area contributed by atoms with Gasteiger partial charge in [-0.05, 0) is 58.1 Å². The fourth-order valence-electron chi connectivity index (χ4n) is 1.72. The highest BCUT2D eigenvalue weighted by atomic mass is 127. The second kappa shape index (κ2) is 6.48. The van der Waals surface area contributed by atoms with Crippen LogP contribution < -0.4 is 10.5 Å². The van der Waals surface area contributed by atoms with E-state index in [9.17, 15) is 14.4 Å². The summed E-state index contributed by atoms with van der Waals surface area (Å²) >= 11 is 2.91. The first kappa shape index (κ1) is 15.8. The maximum atomic E-state index is 12.0. The van der Waals surface area contributed by atoms with Crippen molar-refractivity contribution in [2.45, 2.75) is 0 Å². The van der Waals surface area contributed by atoms with Crippen molar-refractivity contribution >= 4 is 57.5 Å². The second-order valence-electron chi connectivity index (χ2n) is 4.13. The normalized spacial score (nSPS) is 16.7. The van der Waals surface area contributed by atoms with Gasteiger partial charge in [-0.1, -0.05) is 6.07 Å². The highest BCUT2D eigenvalue weighted by Gasteiger charge is 2.35. The quantitative estimate of drug-likeness (QED) is 0.595. The van der Waals surface area contributed by atoms with Crippen molar-refractivity contribution in [2.75, 3.05) is 13.7 Å². The van der Waals surface area contributed by atoms with Gasteiger partial charge in [0.2, 0.25) is 5.91 Å². The van der Waals surface area contributed by atoms with Gasteiger partial charge in [0, 0.05) is 0 Å². The van der Waals surface area contributed by atoms with E-state index in [0.29, 0.717) is 0 Å². The zero-order valence-corrected chi connectivity index (χ0v) is 13.9. The van der Waals surface area contributed by atoms with Crippen LogP contribution in [0.5, 0.6) is 5.75 Å². The highest BCUT2D eigenvalue weighted by molar-refractivity contribution is 14.1. The second-order valence-corrected chi connectivity index (χ2v) is 6.28. The lowest BCUT2D eigenvalue weighted by atomic mass is 10.2. The summed E-state index contributed by atoms with van der Waals surface area (Å²) < 4.78 is 6.04. The lowest BCUT2D eigenvalue weighted by molar-refractivity contribution is -0.127. The van der Waals surface area contributed by atoms with E-state index in [2.05, 4.69) is 22.6 Å². The minimum absolute atomic E-state index is 0.266. The van der Waals surface area contributed by atoms with E-state index in [1.165, 1.54) is 0 Å². The number of imide groups is 1. The molecule has 1 saturated heterocycles. The molecule has 1 aliphatic rings. The Kier molecular flexibility index (Phi) is 4.88. The molecule has 1 aliphatic heterocycles. The van der Waals surface area contributed by atoms with E-state index >= 15 is 0 Å². The number of methoxy groups -OCH3 is 1. The molecule has 3 amide bonds. The number of benzene rings is 1. The molecule has 21 heavy (non-hydrogen) atoms. The van der Waals surface area contributed by atoms with Crippen LogP contribution in [-0.4, -0.2) is 35.6 Å². The lowest BCUT2D eigenvalue weighted by Gasteiger charge is -2.08. The van der Waals surface area contributed by atoms with E-state index in [-0.39, 0.29) is 4.91 Å². The first-order chi connectivity index (χ1) is 9.92. The smallest absolute Gasteiger partial charge is 0.294 e. The number of amides is 3.